The first-order chi connectivity index (χ1) is 6.70. The Labute approximate surface area is 88.3 Å². The number of nitrogens with zero attached hydrogens (tertiary/aromatic N) is 3. The zero-order chi connectivity index (χ0) is 10.6. The Balaban J connectivity index is 2.81. The van der Waals surface area contributed by atoms with E-state index >= 15 is 0 Å². The van der Waals surface area contributed by atoms with E-state index in [4.69, 9.17) is 16.9 Å². The summed E-state index contributed by atoms with van der Waals surface area (Å²) in [7, 11) is 1.78. The number of hydrogen-bond acceptors (Lipinski definition) is 2. The molecular weight excluding hydrogens is 198 g/mol. The Kier molecular flexibility index (Phi) is 3.49. The van der Waals surface area contributed by atoms with Crippen LogP contribution >= 0.6 is 11.6 Å². The summed E-state index contributed by atoms with van der Waals surface area (Å²) in [6.07, 6.45) is 6.85. The van der Waals surface area contributed by atoms with Crippen LogP contribution in [0.3, 0.4) is 0 Å². The number of halogens is 1. The van der Waals surface area contributed by atoms with Gasteiger partial charge in [0.2, 0.25) is 0 Å². The molecule has 0 spiro atoms. The molecule has 4 heteroatoms. The highest BCUT2D eigenvalue weighted by molar-refractivity contribution is 6.64. The second-order valence-corrected chi connectivity index (χ2v) is 3.09. The van der Waals surface area contributed by atoms with Crippen LogP contribution in [0.2, 0.25) is 0 Å². The molecule has 0 heterocycles. The SMILES string of the molecule is C=CN=C(Cl)N(C)C1C=CC=C1C#N. The normalized spacial score (nSPS) is 20.2. The molecule has 0 aromatic heterocycles. The molecule has 0 radical (unpaired) electrons. The molecule has 0 aromatic carbocycles. The van der Waals surface area contributed by atoms with Crippen LogP contribution in [0.5, 0.6) is 0 Å². The van der Waals surface area contributed by atoms with Crippen molar-refractivity contribution in [2.45, 2.75) is 6.04 Å². The Bertz CT molecular complexity index is 360. The fourth-order valence-electron chi connectivity index (χ4n) is 1.19. The first-order valence-corrected chi connectivity index (χ1v) is 4.44. The fourth-order valence-corrected chi connectivity index (χ4v) is 1.36. The number of hydrogen-bond donors (Lipinski definition) is 0. The number of aliphatic imine (C=N–C) groups is 1. The van der Waals surface area contributed by atoms with Gasteiger partial charge >= 0.3 is 0 Å². The molecule has 72 valence electrons. The molecule has 0 aliphatic heterocycles. The van der Waals surface area contributed by atoms with Gasteiger partial charge in [-0.2, -0.15) is 5.26 Å². The molecule has 1 aliphatic carbocycles. The average Bonchev–Trinajstić information content (AvgIpc) is 2.64. The lowest BCUT2D eigenvalue weighted by molar-refractivity contribution is 0.488. The quantitative estimate of drug-likeness (QED) is 0.395. The first-order valence-electron chi connectivity index (χ1n) is 4.06. The highest BCUT2D eigenvalue weighted by Crippen LogP contribution is 2.17. The summed E-state index contributed by atoms with van der Waals surface area (Å²) in [4.78, 5) is 5.55. The van der Waals surface area contributed by atoms with Crippen LogP contribution in [-0.4, -0.2) is 23.3 Å². The predicted octanol–water partition coefficient (Wildman–Crippen LogP) is 2.04. The lowest BCUT2D eigenvalue weighted by atomic mass is 10.1. The lowest BCUT2D eigenvalue weighted by Crippen LogP contribution is -2.33. The summed E-state index contributed by atoms with van der Waals surface area (Å²) >= 11 is 5.87. The second-order valence-electron chi connectivity index (χ2n) is 2.76. The highest BCUT2D eigenvalue weighted by Gasteiger charge is 2.20. The Morgan fingerprint density at radius 3 is 3.14 bits per heavy atom. The van der Waals surface area contributed by atoms with Crippen LogP contribution in [0.4, 0.5) is 0 Å². The minimum absolute atomic E-state index is 0.115. The third-order valence-corrected chi connectivity index (χ3v) is 2.29. The van der Waals surface area contributed by atoms with Crippen LogP contribution in [0.15, 0.2) is 41.6 Å². The molecule has 0 amide bonds. The summed E-state index contributed by atoms with van der Waals surface area (Å²) in [6, 6.07) is 1.99. The zero-order valence-electron chi connectivity index (χ0n) is 7.81. The van der Waals surface area contributed by atoms with Gasteiger partial charge in [-0.15, -0.1) is 0 Å². The van der Waals surface area contributed by atoms with Crippen molar-refractivity contribution >= 4 is 16.9 Å². The molecule has 0 bridgehead atoms. The van der Waals surface area contributed by atoms with Crippen LogP contribution in [-0.2, 0) is 0 Å². The lowest BCUT2D eigenvalue weighted by Gasteiger charge is -2.22. The van der Waals surface area contributed by atoms with E-state index in [1.807, 2.05) is 12.2 Å². The second kappa shape index (κ2) is 4.64. The van der Waals surface area contributed by atoms with E-state index in [9.17, 15) is 0 Å². The molecule has 0 saturated carbocycles. The maximum Gasteiger partial charge on any atom is 0.199 e. The number of amidine groups is 1. The summed E-state index contributed by atoms with van der Waals surface area (Å²) in [6.45, 7) is 3.45. The summed E-state index contributed by atoms with van der Waals surface area (Å²) in [5.74, 6) is 0. The molecule has 1 aliphatic rings. The van der Waals surface area contributed by atoms with Crippen molar-refractivity contribution < 1.29 is 0 Å². The maximum absolute atomic E-state index is 8.81. The summed E-state index contributed by atoms with van der Waals surface area (Å²) < 4.78 is 0. The van der Waals surface area contributed by atoms with E-state index in [1.54, 1.807) is 18.0 Å². The van der Waals surface area contributed by atoms with Crippen molar-refractivity contribution in [2.24, 2.45) is 4.99 Å². The minimum atomic E-state index is -0.115. The van der Waals surface area contributed by atoms with Gasteiger partial charge < -0.3 is 4.90 Å². The van der Waals surface area contributed by atoms with Gasteiger partial charge in [0.15, 0.2) is 5.29 Å². The Morgan fingerprint density at radius 1 is 1.86 bits per heavy atom. The Hall–Kier alpha value is -1.53. The number of allylic oxidation sites excluding steroid dienone is 2. The zero-order valence-corrected chi connectivity index (χ0v) is 8.57. The van der Waals surface area contributed by atoms with Crippen LogP contribution in [0.25, 0.3) is 0 Å². The van der Waals surface area contributed by atoms with Gasteiger partial charge in [-0.05, 0) is 17.7 Å². The molecule has 14 heavy (non-hydrogen) atoms. The van der Waals surface area contributed by atoms with E-state index in [0.717, 1.165) is 0 Å². The molecule has 0 N–H and O–H groups in total. The third kappa shape index (κ3) is 2.04. The predicted molar refractivity (Wildman–Crippen MR) is 57.9 cm³/mol. The van der Waals surface area contributed by atoms with Crippen molar-refractivity contribution in [3.05, 3.63) is 36.6 Å². The largest absolute Gasteiger partial charge is 0.339 e. The van der Waals surface area contributed by atoms with Crippen LogP contribution in [0.1, 0.15) is 0 Å². The number of nitriles is 1. The summed E-state index contributed by atoms with van der Waals surface area (Å²) in [5, 5.41) is 9.13. The van der Waals surface area contributed by atoms with Crippen molar-refractivity contribution in [1.29, 1.82) is 5.26 Å². The molecule has 0 saturated heterocycles. The number of rotatable bonds is 2. The van der Waals surface area contributed by atoms with E-state index < -0.39 is 0 Å². The number of likely N-dealkylation sites (N-methyl/N-ethyl adjacent to an activating group) is 1. The van der Waals surface area contributed by atoms with Gasteiger partial charge in [-0.25, -0.2) is 4.99 Å². The topological polar surface area (TPSA) is 39.4 Å². The smallest absolute Gasteiger partial charge is 0.199 e. The van der Waals surface area contributed by atoms with Gasteiger partial charge in [0.25, 0.3) is 0 Å². The molecular formula is C10H10ClN3. The van der Waals surface area contributed by atoms with Crippen molar-refractivity contribution in [3.63, 3.8) is 0 Å². The maximum atomic E-state index is 8.81. The van der Waals surface area contributed by atoms with Gasteiger partial charge in [-0.3, -0.25) is 0 Å². The highest BCUT2D eigenvalue weighted by atomic mass is 35.5. The minimum Gasteiger partial charge on any atom is -0.339 e. The molecule has 0 fully saturated rings. The summed E-state index contributed by atoms with van der Waals surface area (Å²) in [5.41, 5.74) is 0.657. The third-order valence-electron chi connectivity index (χ3n) is 1.92. The van der Waals surface area contributed by atoms with Crippen molar-refractivity contribution in [1.82, 2.24) is 4.90 Å². The molecule has 1 unspecified atom stereocenters. The molecule has 3 nitrogen and oxygen atoms in total. The van der Waals surface area contributed by atoms with Crippen LogP contribution < -0.4 is 0 Å². The van der Waals surface area contributed by atoms with Gasteiger partial charge in [0.05, 0.1) is 17.7 Å². The van der Waals surface area contributed by atoms with E-state index in [2.05, 4.69) is 17.6 Å². The monoisotopic (exact) mass is 207 g/mol. The molecule has 0 aromatic rings. The molecule has 1 atom stereocenters. The van der Waals surface area contributed by atoms with Crippen molar-refractivity contribution in [3.8, 4) is 6.07 Å². The fraction of sp³-hybridized carbons (Fsp3) is 0.200. The van der Waals surface area contributed by atoms with Crippen LogP contribution in [0, 0.1) is 11.3 Å². The van der Waals surface area contributed by atoms with E-state index in [0.29, 0.717) is 10.9 Å². The van der Waals surface area contributed by atoms with Gasteiger partial charge in [0.1, 0.15) is 0 Å². The molecule has 1 rings (SSSR count). The first kappa shape index (κ1) is 10.6. The van der Waals surface area contributed by atoms with Gasteiger partial charge in [0, 0.05) is 13.2 Å². The Morgan fingerprint density at radius 2 is 2.57 bits per heavy atom. The average molecular weight is 208 g/mol. The van der Waals surface area contributed by atoms with Gasteiger partial charge in [-0.1, -0.05) is 18.7 Å². The van der Waals surface area contributed by atoms with E-state index in [1.165, 1.54) is 6.20 Å². The van der Waals surface area contributed by atoms with E-state index in [-0.39, 0.29) is 6.04 Å². The van der Waals surface area contributed by atoms with Crippen molar-refractivity contribution in [2.75, 3.05) is 7.05 Å². The standard InChI is InChI=1S/C10H10ClN3/c1-3-13-10(11)14(2)9-6-4-5-8(9)7-12/h3-6,9H,1H2,2H3.